The highest BCUT2D eigenvalue weighted by Gasteiger charge is 2.62. The molecule has 0 aromatic carbocycles. The molecule has 137 heavy (non-hydrogen) atoms. The van der Waals surface area contributed by atoms with Crippen LogP contribution in [-0.2, 0) is 90.4 Å². The van der Waals surface area contributed by atoms with Crippen LogP contribution in [0.25, 0.3) is 0 Å². The van der Waals surface area contributed by atoms with Crippen LogP contribution >= 0.6 is 0 Å². The van der Waals surface area contributed by atoms with Crippen LogP contribution in [0.5, 0.6) is 0 Å². The number of likely N-dealkylation sites (N-methyl/N-ethyl adjacent to an activating group) is 2. The third-order valence-corrected chi connectivity index (χ3v) is 27.7. The number of amides is 2. The van der Waals surface area contributed by atoms with Crippen LogP contribution in [0.3, 0.4) is 0 Å². The number of allylic oxidation sites excluding steroid dienone is 1. The molecule has 4 aromatic rings. The van der Waals surface area contributed by atoms with Crippen LogP contribution in [0.4, 0.5) is 9.59 Å². The van der Waals surface area contributed by atoms with Crippen molar-refractivity contribution < 1.29 is 110 Å². The highest BCUT2D eigenvalue weighted by molar-refractivity contribution is 6.01. The van der Waals surface area contributed by atoms with Gasteiger partial charge in [-0.05, 0) is 210 Å². The number of ketones is 2. The van der Waals surface area contributed by atoms with Gasteiger partial charge in [0.15, 0.2) is 35.3 Å². The van der Waals surface area contributed by atoms with Crippen molar-refractivity contribution in [3.63, 3.8) is 0 Å². The second kappa shape index (κ2) is 53.6. The lowest BCUT2D eigenvalue weighted by atomic mass is 9.72. The van der Waals surface area contributed by atoms with Gasteiger partial charge in [-0.2, -0.15) is 0 Å². The molecule has 0 radical (unpaired) electrons. The number of ether oxygens (including phenoxy) is 12. The molecule has 6 aliphatic heterocycles. The highest BCUT2D eigenvalue weighted by atomic mass is 16.7. The van der Waals surface area contributed by atoms with Gasteiger partial charge in [-0.1, -0.05) is 85.8 Å². The van der Waals surface area contributed by atoms with Crippen molar-refractivity contribution in [1.29, 1.82) is 0 Å². The summed E-state index contributed by atoms with van der Waals surface area (Å²) in [6.45, 7) is 58.7. The summed E-state index contributed by atoms with van der Waals surface area (Å²) >= 11 is 0. The first-order chi connectivity index (χ1) is 64.1. The van der Waals surface area contributed by atoms with E-state index in [-0.39, 0.29) is 78.0 Å². The van der Waals surface area contributed by atoms with E-state index < -0.39 is 143 Å². The Balaban J connectivity index is 0.000000348. The van der Waals surface area contributed by atoms with E-state index in [0.717, 1.165) is 45.2 Å². The molecule has 29 atom stereocenters. The number of nitrogens with zero attached hydrogens (tertiary/aromatic N) is 11. The van der Waals surface area contributed by atoms with Crippen molar-refractivity contribution in [3.05, 3.63) is 109 Å². The van der Waals surface area contributed by atoms with Crippen molar-refractivity contribution in [1.82, 2.24) is 63.9 Å². The topological polar surface area (TPSA) is 438 Å². The number of aldehydes is 1. The van der Waals surface area contributed by atoms with Gasteiger partial charge in [0.2, 0.25) is 0 Å². The number of nitrogens with two attached hydrogens (primary N) is 1. The second-order valence-corrected chi connectivity index (χ2v) is 39.0. The Morgan fingerprint density at radius 3 is 1.39 bits per heavy atom. The number of carbonyl (C=O) groups is 9. The number of H-pyrrole nitrogens is 1. The Labute approximate surface area is 812 Å². The number of aryl methyl sites for hydroxylation is 4. The number of hydrazine groups is 2. The first-order valence-corrected chi connectivity index (χ1v) is 48.2. The Morgan fingerprint density at radius 2 is 1.03 bits per heavy atom. The molecule has 10 heterocycles. The SMILES string of the molecule is C/C=C/C(=O)OCC.C=C1C(C)CC(C)(OC)C(OC2OC(C)CC(N(C)C)C2O)C(C)C(=O)C(C)C(=O)O[C@H](CC)C2(C)OC(=O)N(N)C2C1C.C=C1C(C)CC(C)(OC)C(OC2OC(C)CC(N(C)C)C2O)C(C)C(=O)C(C)C(=O)O[C@H](CC)C2(C)OC(=O)N(NCCC(C)n3cnc(C)c3)C2C1C.CCOC(=O)CC(C)n1cnc(C)c1.Cc1cn(C(C)CC=O)cn1.Cc1cnc[nH]1. The van der Waals surface area contributed by atoms with Gasteiger partial charge in [0, 0.05) is 118 Å². The van der Waals surface area contributed by atoms with Crippen molar-refractivity contribution in [2.75, 3.05) is 62.2 Å². The number of aromatic amines is 1. The van der Waals surface area contributed by atoms with Crippen molar-refractivity contribution in [3.8, 4) is 0 Å². The quantitative estimate of drug-likeness (QED) is 0.00635. The molecule has 4 aromatic heterocycles. The van der Waals surface area contributed by atoms with E-state index in [2.05, 4.69) is 55.2 Å². The number of cyclic esters (lactones) is 2. The average Bonchev–Trinajstić information content (AvgIpc) is 1.58. The molecule has 6 aliphatic rings. The van der Waals surface area contributed by atoms with E-state index in [4.69, 9.17) is 57.9 Å². The van der Waals surface area contributed by atoms with Crippen LogP contribution in [0.15, 0.2) is 86.6 Å². The molecular weight excluding hydrogens is 1770 g/mol. The number of rotatable bonds is 24. The fourth-order valence-corrected chi connectivity index (χ4v) is 19.2. The fourth-order valence-electron chi connectivity index (χ4n) is 19.2. The molecule has 0 bridgehead atoms. The lowest BCUT2D eigenvalue weighted by Crippen LogP contribution is -2.60. The summed E-state index contributed by atoms with van der Waals surface area (Å²) in [5.41, 5.74) is 4.14. The molecule has 10 rings (SSSR count). The Kier molecular flexibility index (Phi) is 46.3. The van der Waals surface area contributed by atoms with Crippen molar-refractivity contribution >= 4 is 53.9 Å². The number of Topliss-reactive ketones (excluding diaryl/α,β-unsaturated/α-hetero) is 2. The largest absolute Gasteiger partial charge is 0.466 e. The number of aliphatic hydroxyl groups excluding tert-OH is 2. The molecule has 2 amide bonds. The molecule has 0 saturated carbocycles. The molecular formula is C100H166N14O23. The number of aliphatic hydroxyl groups is 2. The second-order valence-electron chi connectivity index (χ2n) is 39.0. The standard InChI is InChI=1S/C40H67N5O9.C32H55N3O9.C10H16N2O2.C8H12N2O.C6H10O2.C4H6N2/c1-15-31-40(11)34(45(38(49)54-40)42-17-16-24(4)44-20-23(3)41-21-44)27(7)26(6)22(2)19-39(10,50-14)35(28(8)32(46)29(9)36(48)52-31)53-37-33(47)30(43(12)13)18-25(5)51-37;1-13-23-32(9)26(35(33)30(39)44-32)19(5)18(4)16(2)15-31(8,40-12)27(20(6)24(36)21(7)28(38)42-23)43-29-25(37)22(34(10)11)14-17(3)41-29;1-4-14-10(13)5-9(3)12-6-8(2)11-7-12;1-7-5-10(6-9-7)8(2)3-4-11;1-3-5-6(7)8-4-2;1-4-2-5-3-6-4/h20-22,24-25,27-31,33-35,37,42,47H,6,15-19H2,1-5,7-14H3;16-17,19-23,25-27,29,37H,4,13-15,33H2,1-3,5-12H3;6-7,9H,4-5H2,1-3H3;4-6,8H,3H2,1-2H3;3,5H,4H2,1-2H3;2-3H,1H3,(H,5,6)/b;;;;5-3+;/t22?,24?,25?,27?,28?,29?,30?,31-,33?,34?,35?,37?,39?,40?;16?,17?,19?,20?,21?,22?,23-,25?,26?,27?,29?,31?,32?;;;;/m11..../s1. The summed E-state index contributed by atoms with van der Waals surface area (Å²) in [7, 11) is 10.7. The number of esters is 4. The van der Waals surface area contributed by atoms with Gasteiger partial charge in [-0.3, -0.25) is 24.0 Å². The van der Waals surface area contributed by atoms with Crippen LogP contribution in [0, 0.1) is 75.0 Å². The van der Waals surface area contributed by atoms with Gasteiger partial charge in [-0.25, -0.2) is 55.6 Å². The summed E-state index contributed by atoms with van der Waals surface area (Å²) in [6.07, 6.45) is 13.3. The van der Waals surface area contributed by atoms with Crippen LogP contribution in [-0.4, -0.2) is 293 Å². The normalized spacial score (nSPS) is 33.1. The molecule has 37 nitrogen and oxygen atoms in total. The fraction of sp³-hybridized carbons (Fsp3) is 0.730. The van der Waals surface area contributed by atoms with Gasteiger partial charge < -0.3 is 100 Å². The molecule has 6 fully saturated rings. The number of fused-ring (bicyclic) bond motifs is 2. The third-order valence-electron chi connectivity index (χ3n) is 27.7. The maximum absolute atomic E-state index is 14.3. The number of carbonyl (C=O) groups excluding carboxylic acids is 9. The maximum Gasteiger partial charge on any atom is 0.425 e. The van der Waals surface area contributed by atoms with E-state index in [0.29, 0.717) is 77.5 Å². The highest BCUT2D eigenvalue weighted by Crippen LogP contribution is 2.48. The van der Waals surface area contributed by atoms with Crippen LogP contribution < -0.4 is 11.3 Å². The average molecular weight is 1930 g/mol. The summed E-state index contributed by atoms with van der Waals surface area (Å²) in [6, 6.07) is -1.35. The number of nitrogens with one attached hydrogen (secondary N) is 2. The molecule has 37 heteroatoms. The smallest absolute Gasteiger partial charge is 0.425 e. The van der Waals surface area contributed by atoms with E-state index in [1.807, 2.05) is 188 Å². The zero-order valence-electron chi connectivity index (χ0n) is 87.6. The van der Waals surface area contributed by atoms with Gasteiger partial charge in [-0.15, -0.1) is 0 Å². The number of hydrogen-bond donors (Lipinski definition) is 5. The van der Waals surface area contributed by atoms with Gasteiger partial charge in [0.25, 0.3) is 0 Å². The number of aromatic nitrogens is 8. The van der Waals surface area contributed by atoms with E-state index in [1.54, 1.807) is 93.3 Å². The molecule has 0 spiro atoms. The number of imidazole rings is 4. The van der Waals surface area contributed by atoms with Gasteiger partial charge in [0.1, 0.15) is 54.6 Å². The Bertz CT molecular complexity index is 4540. The number of hydrogen-bond acceptors (Lipinski definition) is 31. The summed E-state index contributed by atoms with van der Waals surface area (Å²) in [5.74, 6) is -1.66. The molecule has 774 valence electrons. The molecule has 6 saturated heterocycles. The Morgan fingerprint density at radius 1 is 0.620 bits per heavy atom. The first kappa shape index (κ1) is 118. The minimum Gasteiger partial charge on any atom is -0.466 e. The van der Waals surface area contributed by atoms with E-state index >= 15 is 0 Å². The van der Waals surface area contributed by atoms with Crippen LogP contribution in [0.1, 0.15) is 251 Å². The summed E-state index contributed by atoms with van der Waals surface area (Å²) in [5, 5.41) is 25.3. The van der Waals surface area contributed by atoms with Gasteiger partial charge >= 0.3 is 36.1 Å². The van der Waals surface area contributed by atoms with Crippen molar-refractivity contribution in [2.24, 2.45) is 53.2 Å². The lowest BCUT2D eigenvalue weighted by Gasteiger charge is -2.47. The minimum atomic E-state index is -1.29. The minimum absolute atomic E-state index is 0.107. The van der Waals surface area contributed by atoms with Crippen molar-refractivity contribution in [2.45, 2.75) is 364 Å². The van der Waals surface area contributed by atoms with E-state index in [1.165, 1.54) is 24.9 Å². The zero-order chi connectivity index (χ0) is 104. The third kappa shape index (κ3) is 31.0. The van der Waals surface area contributed by atoms with Crippen LogP contribution in [0.2, 0.25) is 0 Å². The predicted octanol–water partition coefficient (Wildman–Crippen LogP) is 12.8. The number of methoxy groups -OCH3 is 2. The summed E-state index contributed by atoms with van der Waals surface area (Å²) in [4.78, 5) is 137. The monoisotopic (exact) mass is 1930 g/mol. The molecule has 27 unspecified atom stereocenters. The predicted molar refractivity (Wildman–Crippen MR) is 516 cm³/mol. The Hall–Kier alpha value is -8.99. The molecule has 6 N–H and O–H groups in total. The van der Waals surface area contributed by atoms with E-state index in [9.17, 15) is 53.4 Å². The zero-order valence-corrected chi connectivity index (χ0v) is 87.6. The lowest BCUT2D eigenvalue weighted by molar-refractivity contribution is -0.295. The summed E-state index contributed by atoms with van der Waals surface area (Å²) < 4.78 is 77.4. The molecule has 0 aliphatic carbocycles. The van der Waals surface area contributed by atoms with Gasteiger partial charge in [0.05, 0.1) is 97.6 Å². The maximum atomic E-state index is 14.3. The first-order valence-electron chi connectivity index (χ1n) is 48.2.